The lowest BCUT2D eigenvalue weighted by Crippen LogP contribution is -2.30. The molecule has 6 nitrogen and oxygen atoms in total. The quantitative estimate of drug-likeness (QED) is 0.0261. The summed E-state index contributed by atoms with van der Waals surface area (Å²) >= 11 is 0. The van der Waals surface area contributed by atoms with Gasteiger partial charge in [0.1, 0.15) is 13.2 Å². The second kappa shape index (κ2) is 64.1. The lowest BCUT2D eigenvalue weighted by molar-refractivity contribution is -0.167. The molecule has 0 aromatic carbocycles. The number of ether oxygens (including phenoxy) is 3. The van der Waals surface area contributed by atoms with E-state index in [2.05, 4.69) is 154 Å². The van der Waals surface area contributed by atoms with Gasteiger partial charge in [-0.3, -0.25) is 14.4 Å². The van der Waals surface area contributed by atoms with Crippen LogP contribution in [-0.2, 0) is 28.6 Å². The van der Waals surface area contributed by atoms with Crippen LogP contribution in [0.4, 0.5) is 0 Å². The van der Waals surface area contributed by atoms with Crippen molar-refractivity contribution in [3.8, 4) is 0 Å². The van der Waals surface area contributed by atoms with Crippen molar-refractivity contribution in [3.05, 3.63) is 134 Å². The van der Waals surface area contributed by atoms with Gasteiger partial charge in [-0.1, -0.05) is 257 Å². The lowest BCUT2D eigenvalue weighted by atomic mass is 10.1. The number of rotatable bonds is 56. The van der Waals surface area contributed by atoms with E-state index in [-0.39, 0.29) is 37.5 Å². The molecule has 0 N–H and O–H groups in total. The second-order valence-electron chi connectivity index (χ2n) is 20.5. The van der Waals surface area contributed by atoms with Gasteiger partial charge in [0.2, 0.25) is 0 Å². The molecule has 0 bridgehead atoms. The van der Waals surface area contributed by atoms with Crippen LogP contribution in [0, 0.1) is 0 Å². The maximum atomic E-state index is 12.9. The Morgan fingerprint density at radius 2 is 0.506 bits per heavy atom. The molecule has 1 unspecified atom stereocenters. The molecule has 1 atom stereocenters. The van der Waals surface area contributed by atoms with E-state index in [1.54, 1.807) is 0 Å². The topological polar surface area (TPSA) is 78.9 Å². The zero-order valence-electron chi connectivity index (χ0n) is 49.9. The molecule has 0 amide bonds. The van der Waals surface area contributed by atoms with Crippen molar-refractivity contribution < 1.29 is 28.6 Å². The Bertz CT molecular complexity index is 1650. The summed E-state index contributed by atoms with van der Waals surface area (Å²) in [5.74, 6) is -0.973. The van der Waals surface area contributed by atoms with E-state index in [1.807, 2.05) is 0 Å². The predicted molar refractivity (Wildman–Crippen MR) is 334 cm³/mol. The number of hydrogen-bond acceptors (Lipinski definition) is 6. The van der Waals surface area contributed by atoms with Crippen molar-refractivity contribution in [1.82, 2.24) is 0 Å². The number of esters is 3. The van der Waals surface area contributed by atoms with Crippen LogP contribution in [0.1, 0.15) is 278 Å². The summed E-state index contributed by atoms with van der Waals surface area (Å²) in [6.07, 6.45) is 90.2. The minimum atomic E-state index is -0.817. The Kier molecular flexibility index (Phi) is 60.4. The number of allylic oxidation sites excluding steroid dienone is 22. The monoisotopic (exact) mass is 1060 g/mol. The Balaban J connectivity index is 4.51. The first-order valence-electron chi connectivity index (χ1n) is 31.7. The van der Waals surface area contributed by atoms with Crippen molar-refractivity contribution in [2.75, 3.05) is 13.2 Å². The van der Waals surface area contributed by atoms with Gasteiger partial charge in [0.25, 0.3) is 0 Å². The van der Waals surface area contributed by atoms with Gasteiger partial charge in [-0.25, -0.2) is 0 Å². The molecule has 0 aromatic heterocycles. The third-order valence-electron chi connectivity index (χ3n) is 13.1. The molecule has 0 aliphatic carbocycles. The van der Waals surface area contributed by atoms with Gasteiger partial charge in [0, 0.05) is 19.3 Å². The van der Waals surface area contributed by atoms with E-state index in [0.717, 1.165) is 128 Å². The number of unbranched alkanes of at least 4 members (excludes halogenated alkanes) is 23. The molecular formula is C71H116O6. The van der Waals surface area contributed by atoms with E-state index < -0.39 is 6.10 Å². The van der Waals surface area contributed by atoms with Crippen molar-refractivity contribution >= 4 is 17.9 Å². The van der Waals surface area contributed by atoms with Gasteiger partial charge in [-0.15, -0.1) is 0 Å². The van der Waals surface area contributed by atoms with Gasteiger partial charge >= 0.3 is 17.9 Å². The van der Waals surface area contributed by atoms with E-state index in [1.165, 1.54) is 103 Å². The molecule has 0 radical (unpaired) electrons. The SMILES string of the molecule is CC/C=C\C/C=C\C/C=C\C/C=C\C/C=C\CCCCCC(=O)OCC(COC(=O)CCCCCCCCCCC/C=C\CCCCCCCCCC)OC(=O)CCCCC/C=C\C/C=C\C/C=C\C/C=C\C/C=C\CC. The summed E-state index contributed by atoms with van der Waals surface area (Å²) in [6.45, 7) is 6.37. The first kappa shape index (κ1) is 72.5. The Morgan fingerprint density at radius 3 is 0.818 bits per heavy atom. The number of hydrogen-bond donors (Lipinski definition) is 0. The summed E-state index contributed by atoms with van der Waals surface area (Å²) in [6, 6.07) is 0. The molecule has 77 heavy (non-hydrogen) atoms. The van der Waals surface area contributed by atoms with Gasteiger partial charge < -0.3 is 14.2 Å². The van der Waals surface area contributed by atoms with E-state index in [0.29, 0.717) is 19.3 Å². The average Bonchev–Trinajstić information content (AvgIpc) is 3.43. The normalized spacial score (nSPS) is 13.0. The van der Waals surface area contributed by atoms with Crippen LogP contribution in [0.15, 0.2) is 134 Å². The summed E-state index contributed by atoms with van der Waals surface area (Å²) < 4.78 is 16.9. The van der Waals surface area contributed by atoms with Crippen LogP contribution in [0.25, 0.3) is 0 Å². The lowest BCUT2D eigenvalue weighted by Gasteiger charge is -2.18. The number of carbonyl (C=O) groups excluding carboxylic acids is 3. The Morgan fingerprint density at radius 1 is 0.273 bits per heavy atom. The second-order valence-corrected chi connectivity index (χ2v) is 20.5. The number of carbonyl (C=O) groups is 3. The van der Waals surface area contributed by atoms with Gasteiger partial charge in [0.15, 0.2) is 6.10 Å². The maximum absolute atomic E-state index is 12.9. The third kappa shape index (κ3) is 62.3. The molecule has 0 spiro atoms. The Hall–Kier alpha value is -4.45. The van der Waals surface area contributed by atoms with Gasteiger partial charge in [0.05, 0.1) is 0 Å². The molecule has 6 heteroatoms. The fraction of sp³-hybridized carbons (Fsp3) is 0.648. The highest BCUT2D eigenvalue weighted by Crippen LogP contribution is 2.15. The van der Waals surface area contributed by atoms with Gasteiger partial charge in [-0.05, 0) is 135 Å². The predicted octanol–water partition coefficient (Wildman–Crippen LogP) is 21.8. The largest absolute Gasteiger partial charge is 0.462 e. The highest BCUT2D eigenvalue weighted by Gasteiger charge is 2.19. The molecular weight excluding hydrogens is 949 g/mol. The Labute approximate surface area is 475 Å². The van der Waals surface area contributed by atoms with Crippen LogP contribution in [-0.4, -0.2) is 37.2 Å². The molecule has 0 heterocycles. The average molecular weight is 1070 g/mol. The molecule has 0 saturated heterocycles. The minimum absolute atomic E-state index is 0.107. The first-order chi connectivity index (χ1) is 38.0. The minimum Gasteiger partial charge on any atom is -0.462 e. The first-order valence-corrected chi connectivity index (χ1v) is 31.7. The van der Waals surface area contributed by atoms with Crippen LogP contribution in [0.3, 0.4) is 0 Å². The fourth-order valence-electron chi connectivity index (χ4n) is 8.43. The van der Waals surface area contributed by atoms with E-state index in [9.17, 15) is 14.4 Å². The zero-order valence-corrected chi connectivity index (χ0v) is 49.9. The van der Waals surface area contributed by atoms with Crippen LogP contribution in [0.5, 0.6) is 0 Å². The standard InChI is InChI=1S/C71H116O6/c1-4-7-10-13-16-19-22-25-28-31-34-35-38-40-43-46-49-52-55-58-61-64-70(73)76-67-68(77-71(74)65-62-59-56-53-50-47-44-41-37-33-30-27-24-21-18-15-12-9-6-3)66-75-69(72)63-60-57-54-51-48-45-42-39-36-32-29-26-23-20-17-14-11-8-5-2/h8-9,11-12,17-18,20-21,26-27,29-31,34,36-37,39,41,45,47-48,50,68H,4-7,10,13-16,19,22-25,28,32-33,35,38,40,42-44,46,49,51-67H2,1-3H3/b11-8-,12-9-,20-17-,21-18-,29-26-,30-27-,34-31-,39-36-,41-37-,48-45-,50-47-. The van der Waals surface area contributed by atoms with E-state index in [4.69, 9.17) is 14.2 Å². The van der Waals surface area contributed by atoms with Crippen molar-refractivity contribution in [1.29, 1.82) is 0 Å². The zero-order chi connectivity index (χ0) is 55.7. The van der Waals surface area contributed by atoms with Crippen LogP contribution < -0.4 is 0 Å². The summed E-state index contributed by atoms with van der Waals surface area (Å²) in [5.41, 5.74) is 0. The highest BCUT2D eigenvalue weighted by atomic mass is 16.6. The highest BCUT2D eigenvalue weighted by molar-refractivity contribution is 5.71. The molecule has 436 valence electrons. The molecule has 0 aromatic rings. The van der Waals surface area contributed by atoms with Crippen LogP contribution in [0.2, 0.25) is 0 Å². The molecule has 0 saturated carbocycles. The molecule has 0 aliphatic rings. The summed E-state index contributed by atoms with van der Waals surface area (Å²) in [5, 5.41) is 0. The summed E-state index contributed by atoms with van der Waals surface area (Å²) in [4.78, 5) is 38.3. The van der Waals surface area contributed by atoms with Crippen LogP contribution >= 0.6 is 0 Å². The molecule has 0 rings (SSSR count). The van der Waals surface area contributed by atoms with E-state index >= 15 is 0 Å². The maximum Gasteiger partial charge on any atom is 0.306 e. The van der Waals surface area contributed by atoms with Crippen molar-refractivity contribution in [2.24, 2.45) is 0 Å². The third-order valence-corrected chi connectivity index (χ3v) is 13.1. The summed E-state index contributed by atoms with van der Waals surface area (Å²) in [7, 11) is 0. The molecule has 0 fully saturated rings. The fourth-order valence-corrected chi connectivity index (χ4v) is 8.43. The van der Waals surface area contributed by atoms with Gasteiger partial charge in [-0.2, -0.15) is 0 Å². The smallest absolute Gasteiger partial charge is 0.306 e. The van der Waals surface area contributed by atoms with Crippen molar-refractivity contribution in [2.45, 2.75) is 284 Å². The molecule has 0 aliphatic heterocycles. The van der Waals surface area contributed by atoms with Crippen molar-refractivity contribution in [3.63, 3.8) is 0 Å².